The highest BCUT2D eigenvalue weighted by Crippen LogP contribution is 2.21. The molecule has 0 saturated carbocycles. The number of aliphatic hydroxyl groups is 1. The first-order valence-corrected chi connectivity index (χ1v) is 9.07. The number of hydrogen-bond acceptors (Lipinski definition) is 3. The summed E-state index contributed by atoms with van der Waals surface area (Å²) in [6.45, 7) is 9.72. The van der Waals surface area contributed by atoms with Gasteiger partial charge in [-0.15, -0.1) is 24.0 Å². The number of guanidine groups is 1. The van der Waals surface area contributed by atoms with Crippen molar-refractivity contribution in [1.29, 1.82) is 0 Å². The molecule has 1 aliphatic rings. The Hall–Kier alpha value is -1.09. The Morgan fingerprint density at radius 1 is 1.31 bits per heavy atom. The van der Waals surface area contributed by atoms with E-state index in [-0.39, 0.29) is 42.9 Å². The van der Waals surface area contributed by atoms with Crippen molar-refractivity contribution in [2.45, 2.75) is 33.3 Å². The minimum absolute atomic E-state index is 0. The molecule has 3 atom stereocenters. The Morgan fingerprint density at radius 3 is 2.50 bits per heavy atom. The van der Waals surface area contributed by atoms with E-state index >= 15 is 0 Å². The summed E-state index contributed by atoms with van der Waals surface area (Å²) in [7, 11) is 0. The summed E-state index contributed by atoms with van der Waals surface area (Å²) in [5, 5.41) is 13.4. The third kappa shape index (κ3) is 7.65. The van der Waals surface area contributed by atoms with Crippen LogP contribution in [0.4, 0.5) is 4.39 Å². The molecule has 1 aromatic carbocycles. The first-order chi connectivity index (χ1) is 12.0. The number of aliphatic imine (C=N–C) groups is 1. The summed E-state index contributed by atoms with van der Waals surface area (Å²) in [5.41, 5.74) is 0. The second-order valence-corrected chi connectivity index (χ2v) is 6.96. The van der Waals surface area contributed by atoms with E-state index in [0.717, 1.165) is 25.6 Å². The van der Waals surface area contributed by atoms with Crippen LogP contribution in [0.25, 0.3) is 0 Å². The van der Waals surface area contributed by atoms with Crippen LogP contribution in [0, 0.1) is 17.7 Å². The standard InChI is InChI=1S/C19H30FN3O2.HI/c1-4-21-19(23-11-14(2)9-15(3)12-23)22-10-17(24)13-25-18-7-5-16(20)6-8-18;/h5-8,14-15,17,24H,4,9-13H2,1-3H3,(H,21,22);1H. The van der Waals surface area contributed by atoms with Crippen LogP contribution in [0.2, 0.25) is 0 Å². The van der Waals surface area contributed by atoms with E-state index in [1.165, 1.54) is 18.6 Å². The van der Waals surface area contributed by atoms with Gasteiger partial charge in [-0.05, 0) is 49.4 Å². The normalized spacial score (nSPS) is 21.7. The lowest BCUT2D eigenvalue weighted by atomic mass is 9.92. The van der Waals surface area contributed by atoms with Gasteiger partial charge in [0.2, 0.25) is 0 Å². The van der Waals surface area contributed by atoms with E-state index in [2.05, 4.69) is 29.1 Å². The van der Waals surface area contributed by atoms with E-state index in [9.17, 15) is 9.50 Å². The van der Waals surface area contributed by atoms with E-state index < -0.39 is 6.10 Å². The number of benzene rings is 1. The zero-order valence-electron chi connectivity index (χ0n) is 15.8. The van der Waals surface area contributed by atoms with Gasteiger partial charge in [0.15, 0.2) is 5.96 Å². The summed E-state index contributed by atoms with van der Waals surface area (Å²) < 4.78 is 18.3. The smallest absolute Gasteiger partial charge is 0.194 e. The molecule has 2 N–H and O–H groups in total. The Kier molecular flexibility index (Phi) is 10.2. The Morgan fingerprint density at radius 2 is 1.92 bits per heavy atom. The molecule has 0 amide bonds. The van der Waals surface area contributed by atoms with Gasteiger partial charge >= 0.3 is 0 Å². The van der Waals surface area contributed by atoms with Gasteiger partial charge in [-0.3, -0.25) is 4.99 Å². The molecule has 0 radical (unpaired) electrons. The monoisotopic (exact) mass is 479 g/mol. The Labute approximate surface area is 173 Å². The van der Waals surface area contributed by atoms with Crippen LogP contribution < -0.4 is 10.1 Å². The SMILES string of the molecule is CCNC(=NCC(O)COc1ccc(F)cc1)N1CC(C)CC(C)C1.I. The summed E-state index contributed by atoms with van der Waals surface area (Å²) >= 11 is 0. The third-order valence-electron chi connectivity index (χ3n) is 4.21. The van der Waals surface area contributed by atoms with Crippen LogP contribution in [0.15, 0.2) is 29.3 Å². The highest BCUT2D eigenvalue weighted by atomic mass is 127. The summed E-state index contributed by atoms with van der Waals surface area (Å²) in [4.78, 5) is 6.85. The molecule has 1 saturated heterocycles. The molecule has 0 spiro atoms. The largest absolute Gasteiger partial charge is 0.491 e. The summed E-state index contributed by atoms with van der Waals surface area (Å²) in [6, 6.07) is 5.77. The van der Waals surface area contributed by atoms with E-state index in [0.29, 0.717) is 17.6 Å². The average molecular weight is 479 g/mol. The fourth-order valence-corrected chi connectivity index (χ4v) is 3.23. The summed E-state index contributed by atoms with van der Waals surface area (Å²) in [6.07, 6.45) is 0.530. The van der Waals surface area contributed by atoms with Gasteiger partial charge in [0.05, 0.1) is 6.54 Å². The highest BCUT2D eigenvalue weighted by molar-refractivity contribution is 14.0. The number of likely N-dealkylation sites (tertiary alicyclic amines) is 1. The molecule has 5 nitrogen and oxygen atoms in total. The molecule has 0 bridgehead atoms. The van der Waals surface area contributed by atoms with Gasteiger partial charge in [0, 0.05) is 19.6 Å². The molecule has 7 heteroatoms. The average Bonchev–Trinajstić information content (AvgIpc) is 2.57. The first kappa shape index (κ1) is 23.0. The fourth-order valence-electron chi connectivity index (χ4n) is 3.23. The van der Waals surface area contributed by atoms with Crippen molar-refractivity contribution in [3.8, 4) is 5.75 Å². The van der Waals surface area contributed by atoms with Crippen LogP contribution in [0.1, 0.15) is 27.2 Å². The predicted octanol–water partition coefficient (Wildman–Crippen LogP) is 3.13. The van der Waals surface area contributed by atoms with E-state index in [4.69, 9.17) is 4.74 Å². The second kappa shape index (κ2) is 11.6. The molecule has 0 aromatic heterocycles. The van der Waals surface area contributed by atoms with Crippen molar-refractivity contribution in [2.24, 2.45) is 16.8 Å². The number of piperidine rings is 1. The number of aliphatic hydroxyl groups excluding tert-OH is 1. The van der Waals surface area contributed by atoms with Gasteiger partial charge in [0.25, 0.3) is 0 Å². The van der Waals surface area contributed by atoms with E-state index in [1.807, 2.05) is 6.92 Å². The molecule has 1 heterocycles. The molecular formula is C19H31FIN3O2. The Balaban J connectivity index is 0.00000338. The molecule has 3 unspecified atom stereocenters. The molecule has 1 aliphatic heterocycles. The maximum absolute atomic E-state index is 12.9. The summed E-state index contributed by atoms with van der Waals surface area (Å²) in [5.74, 6) is 2.35. The number of ether oxygens (including phenoxy) is 1. The number of nitrogens with one attached hydrogen (secondary N) is 1. The van der Waals surface area contributed by atoms with Crippen molar-refractivity contribution < 1.29 is 14.2 Å². The number of halogens is 2. The maximum Gasteiger partial charge on any atom is 0.194 e. The zero-order chi connectivity index (χ0) is 18.2. The van der Waals surface area contributed by atoms with Crippen LogP contribution >= 0.6 is 24.0 Å². The first-order valence-electron chi connectivity index (χ1n) is 9.07. The highest BCUT2D eigenvalue weighted by Gasteiger charge is 2.24. The molecule has 0 aliphatic carbocycles. The van der Waals surface area contributed by atoms with Crippen molar-refractivity contribution >= 4 is 29.9 Å². The van der Waals surface area contributed by atoms with Crippen LogP contribution in [0.3, 0.4) is 0 Å². The maximum atomic E-state index is 12.9. The third-order valence-corrected chi connectivity index (χ3v) is 4.21. The van der Waals surface area contributed by atoms with E-state index in [1.54, 1.807) is 12.1 Å². The number of nitrogens with zero attached hydrogens (tertiary/aromatic N) is 2. The van der Waals surface area contributed by atoms with Crippen LogP contribution in [-0.2, 0) is 0 Å². The minimum atomic E-state index is -0.710. The fraction of sp³-hybridized carbons (Fsp3) is 0.632. The molecule has 2 rings (SSSR count). The van der Waals surface area contributed by atoms with Crippen molar-refractivity contribution in [3.05, 3.63) is 30.1 Å². The molecule has 148 valence electrons. The second-order valence-electron chi connectivity index (χ2n) is 6.96. The van der Waals surface area contributed by atoms with Gasteiger partial charge in [-0.2, -0.15) is 0 Å². The number of rotatable bonds is 6. The van der Waals surface area contributed by atoms with Gasteiger partial charge in [-0.25, -0.2) is 4.39 Å². The Bertz CT molecular complexity index is 546. The van der Waals surface area contributed by atoms with Gasteiger partial charge < -0.3 is 20.1 Å². The van der Waals surface area contributed by atoms with Crippen molar-refractivity contribution in [3.63, 3.8) is 0 Å². The molecule has 1 aromatic rings. The van der Waals surface area contributed by atoms with Crippen LogP contribution in [-0.4, -0.2) is 54.9 Å². The lowest BCUT2D eigenvalue weighted by Crippen LogP contribution is -2.48. The predicted molar refractivity (Wildman–Crippen MR) is 114 cm³/mol. The van der Waals surface area contributed by atoms with Gasteiger partial charge in [0.1, 0.15) is 24.3 Å². The lowest BCUT2D eigenvalue weighted by Gasteiger charge is -2.37. The lowest BCUT2D eigenvalue weighted by molar-refractivity contribution is 0.114. The zero-order valence-corrected chi connectivity index (χ0v) is 18.2. The van der Waals surface area contributed by atoms with Gasteiger partial charge in [-0.1, -0.05) is 13.8 Å². The van der Waals surface area contributed by atoms with Crippen LogP contribution in [0.5, 0.6) is 5.75 Å². The van der Waals surface area contributed by atoms with Crippen molar-refractivity contribution in [2.75, 3.05) is 32.8 Å². The molecule has 1 fully saturated rings. The number of hydrogen-bond donors (Lipinski definition) is 2. The minimum Gasteiger partial charge on any atom is -0.491 e. The molecule has 26 heavy (non-hydrogen) atoms. The van der Waals surface area contributed by atoms with Crippen molar-refractivity contribution in [1.82, 2.24) is 10.2 Å². The molecular weight excluding hydrogens is 448 g/mol. The quantitative estimate of drug-likeness (QED) is 0.374. The topological polar surface area (TPSA) is 57.1 Å².